The normalized spacial score (nSPS) is 18.2. The third-order valence-electron chi connectivity index (χ3n) is 4.05. The molecule has 1 atom stereocenters. The summed E-state index contributed by atoms with van der Waals surface area (Å²) >= 11 is 5.38. The average Bonchev–Trinajstić information content (AvgIpc) is 2.49. The van der Waals surface area contributed by atoms with Gasteiger partial charge in [0.1, 0.15) is 17.2 Å². The van der Waals surface area contributed by atoms with E-state index in [0.717, 1.165) is 23.3 Å². The number of hydrogen-bond donors (Lipinski definition) is 2. The van der Waals surface area contributed by atoms with E-state index in [1.54, 1.807) is 18.2 Å². The zero-order valence-electron chi connectivity index (χ0n) is 14.0. The maximum absolute atomic E-state index is 13.8. The molecule has 0 unspecified atom stereocenters. The van der Waals surface area contributed by atoms with Crippen molar-refractivity contribution in [3.8, 4) is 5.75 Å². The van der Waals surface area contributed by atoms with Crippen LogP contribution in [-0.4, -0.2) is 10.7 Å². The lowest BCUT2D eigenvalue weighted by molar-refractivity contribution is 0.0696. The fourth-order valence-corrected chi connectivity index (χ4v) is 3.23. The van der Waals surface area contributed by atoms with Crippen molar-refractivity contribution in [2.45, 2.75) is 38.8 Å². The van der Waals surface area contributed by atoms with Gasteiger partial charge in [0.25, 0.3) is 0 Å². The Hall–Kier alpha value is -2.14. The van der Waals surface area contributed by atoms with Gasteiger partial charge in [-0.05, 0) is 51.2 Å². The standard InChI is InChI=1S/C19H21FN2OS/c1-12-8-9-17-13(10-12)16(11-19(2,3)23-17)22-18(24)21-15-7-5-4-6-14(15)20/h4-10,16H,11H2,1-3H3,(H2,21,22,24)/t16-/m0/s1. The summed E-state index contributed by atoms with van der Waals surface area (Å²) in [6, 6.07) is 12.6. The van der Waals surface area contributed by atoms with E-state index in [2.05, 4.69) is 30.5 Å². The number of ether oxygens (including phenoxy) is 1. The summed E-state index contributed by atoms with van der Waals surface area (Å²) in [5.41, 5.74) is 2.31. The minimum Gasteiger partial charge on any atom is -0.487 e. The molecule has 0 aromatic heterocycles. The van der Waals surface area contributed by atoms with Crippen LogP contribution in [0.5, 0.6) is 5.75 Å². The maximum Gasteiger partial charge on any atom is 0.171 e. The van der Waals surface area contributed by atoms with Crippen LogP contribution in [0.2, 0.25) is 0 Å². The number of nitrogens with one attached hydrogen (secondary N) is 2. The van der Waals surface area contributed by atoms with Gasteiger partial charge in [-0.3, -0.25) is 0 Å². The number of fused-ring (bicyclic) bond motifs is 1. The Morgan fingerprint density at radius 3 is 2.75 bits per heavy atom. The predicted octanol–water partition coefficient (Wildman–Crippen LogP) is 4.72. The van der Waals surface area contributed by atoms with Crippen LogP contribution >= 0.6 is 12.2 Å². The van der Waals surface area contributed by atoms with Gasteiger partial charge in [-0.15, -0.1) is 0 Å². The molecule has 0 fully saturated rings. The average molecular weight is 344 g/mol. The Morgan fingerprint density at radius 1 is 1.25 bits per heavy atom. The number of rotatable bonds is 2. The van der Waals surface area contributed by atoms with Gasteiger partial charge in [-0.25, -0.2) is 4.39 Å². The van der Waals surface area contributed by atoms with Gasteiger partial charge in [0, 0.05) is 12.0 Å². The van der Waals surface area contributed by atoms with Gasteiger partial charge >= 0.3 is 0 Å². The molecular weight excluding hydrogens is 323 g/mol. The molecule has 3 nitrogen and oxygen atoms in total. The van der Waals surface area contributed by atoms with E-state index in [0.29, 0.717) is 10.8 Å². The van der Waals surface area contributed by atoms with Crippen LogP contribution in [0.4, 0.5) is 10.1 Å². The van der Waals surface area contributed by atoms with Crippen molar-refractivity contribution in [1.82, 2.24) is 5.32 Å². The van der Waals surface area contributed by atoms with E-state index in [1.165, 1.54) is 6.07 Å². The quantitative estimate of drug-likeness (QED) is 0.772. The molecule has 0 radical (unpaired) electrons. The summed E-state index contributed by atoms with van der Waals surface area (Å²) in [7, 11) is 0. The van der Waals surface area contributed by atoms with Gasteiger partial charge in [-0.2, -0.15) is 0 Å². The first-order valence-corrected chi connectivity index (χ1v) is 8.36. The highest BCUT2D eigenvalue weighted by molar-refractivity contribution is 7.80. The predicted molar refractivity (Wildman–Crippen MR) is 99.0 cm³/mol. The van der Waals surface area contributed by atoms with Crippen LogP contribution in [0.1, 0.15) is 37.4 Å². The summed E-state index contributed by atoms with van der Waals surface area (Å²) < 4.78 is 19.8. The molecular formula is C19H21FN2OS. The maximum atomic E-state index is 13.8. The van der Waals surface area contributed by atoms with E-state index in [1.807, 2.05) is 19.1 Å². The Labute approximate surface area is 147 Å². The zero-order valence-corrected chi connectivity index (χ0v) is 14.8. The highest BCUT2D eigenvalue weighted by Crippen LogP contribution is 2.39. The minimum atomic E-state index is -0.329. The fraction of sp³-hybridized carbons (Fsp3) is 0.316. The van der Waals surface area contributed by atoms with Crippen molar-refractivity contribution in [2.24, 2.45) is 0 Å². The minimum absolute atomic E-state index is 0.00965. The number of hydrogen-bond acceptors (Lipinski definition) is 2. The second-order valence-corrected chi connectivity index (χ2v) is 7.15. The van der Waals surface area contributed by atoms with E-state index in [4.69, 9.17) is 17.0 Å². The largest absolute Gasteiger partial charge is 0.487 e. The molecule has 0 bridgehead atoms. The van der Waals surface area contributed by atoms with Crippen LogP contribution < -0.4 is 15.4 Å². The smallest absolute Gasteiger partial charge is 0.171 e. The van der Waals surface area contributed by atoms with Gasteiger partial charge < -0.3 is 15.4 Å². The van der Waals surface area contributed by atoms with E-state index < -0.39 is 0 Å². The molecule has 0 aliphatic carbocycles. The molecule has 5 heteroatoms. The van der Waals surface area contributed by atoms with Crippen molar-refractivity contribution >= 4 is 23.0 Å². The lowest BCUT2D eigenvalue weighted by Crippen LogP contribution is -2.42. The van der Waals surface area contributed by atoms with Crippen molar-refractivity contribution in [2.75, 3.05) is 5.32 Å². The summed E-state index contributed by atoms with van der Waals surface area (Å²) in [5, 5.41) is 6.64. The van der Waals surface area contributed by atoms with Crippen LogP contribution in [0.3, 0.4) is 0 Å². The van der Waals surface area contributed by atoms with E-state index in [9.17, 15) is 4.39 Å². The molecule has 2 aromatic rings. The molecule has 3 rings (SSSR count). The van der Waals surface area contributed by atoms with Crippen molar-refractivity contribution in [1.29, 1.82) is 0 Å². The Bertz CT molecular complexity index is 776. The van der Waals surface area contributed by atoms with Crippen molar-refractivity contribution in [3.63, 3.8) is 0 Å². The molecule has 1 heterocycles. The van der Waals surface area contributed by atoms with Gasteiger partial charge in [0.2, 0.25) is 0 Å². The monoisotopic (exact) mass is 344 g/mol. The number of thiocarbonyl (C=S) groups is 1. The fourth-order valence-electron chi connectivity index (χ4n) is 2.98. The number of aryl methyl sites for hydroxylation is 1. The highest BCUT2D eigenvalue weighted by Gasteiger charge is 2.34. The summed E-state index contributed by atoms with van der Waals surface area (Å²) in [6.45, 7) is 6.16. The van der Waals surface area contributed by atoms with Crippen molar-refractivity contribution < 1.29 is 9.13 Å². The van der Waals surface area contributed by atoms with Gasteiger partial charge in [0.15, 0.2) is 5.11 Å². The Kier molecular flexibility index (Phi) is 4.45. The molecule has 126 valence electrons. The molecule has 0 saturated carbocycles. The molecule has 2 N–H and O–H groups in total. The Balaban J connectivity index is 1.80. The Morgan fingerprint density at radius 2 is 2.00 bits per heavy atom. The van der Waals surface area contributed by atoms with Crippen LogP contribution in [-0.2, 0) is 0 Å². The summed E-state index contributed by atoms with van der Waals surface area (Å²) in [5.74, 6) is 0.535. The molecule has 0 spiro atoms. The zero-order chi connectivity index (χ0) is 17.3. The van der Waals surface area contributed by atoms with Crippen LogP contribution in [0.25, 0.3) is 0 Å². The topological polar surface area (TPSA) is 33.3 Å². The molecule has 0 saturated heterocycles. The van der Waals surface area contributed by atoms with Crippen LogP contribution in [0.15, 0.2) is 42.5 Å². The van der Waals surface area contributed by atoms with Crippen molar-refractivity contribution in [3.05, 3.63) is 59.4 Å². The number of benzene rings is 2. The number of para-hydroxylation sites is 1. The molecule has 0 amide bonds. The summed E-state index contributed by atoms with van der Waals surface area (Å²) in [4.78, 5) is 0. The van der Waals surface area contributed by atoms with E-state index >= 15 is 0 Å². The number of halogens is 1. The molecule has 2 aromatic carbocycles. The number of anilines is 1. The first-order valence-electron chi connectivity index (χ1n) is 7.96. The van der Waals surface area contributed by atoms with Crippen LogP contribution in [0, 0.1) is 12.7 Å². The third-order valence-corrected chi connectivity index (χ3v) is 4.27. The first kappa shape index (κ1) is 16.7. The summed E-state index contributed by atoms with van der Waals surface area (Å²) in [6.07, 6.45) is 0.766. The van der Waals surface area contributed by atoms with Gasteiger partial charge in [-0.1, -0.05) is 29.8 Å². The lowest BCUT2D eigenvalue weighted by Gasteiger charge is -2.38. The second kappa shape index (κ2) is 6.40. The SMILES string of the molecule is Cc1ccc2c(c1)[C@@H](NC(=S)Nc1ccccc1F)CC(C)(C)O2. The molecule has 24 heavy (non-hydrogen) atoms. The third kappa shape index (κ3) is 3.67. The highest BCUT2D eigenvalue weighted by atomic mass is 32.1. The first-order chi connectivity index (χ1) is 11.3. The van der Waals surface area contributed by atoms with Gasteiger partial charge in [0.05, 0.1) is 11.7 Å². The molecule has 1 aliphatic rings. The van der Waals surface area contributed by atoms with E-state index in [-0.39, 0.29) is 17.5 Å². The molecule has 1 aliphatic heterocycles. The second-order valence-electron chi connectivity index (χ2n) is 6.74. The lowest BCUT2D eigenvalue weighted by atomic mass is 9.89.